The maximum atomic E-state index is 11.4. The first kappa shape index (κ1) is 21.5. The van der Waals surface area contributed by atoms with Gasteiger partial charge in [0.05, 0.1) is 31.6 Å². The molecule has 2 fully saturated rings. The molecule has 6 nitrogen and oxygen atoms in total. The van der Waals surface area contributed by atoms with Crippen molar-refractivity contribution in [2.24, 2.45) is 11.8 Å². The van der Waals surface area contributed by atoms with Crippen molar-refractivity contribution in [1.29, 1.82) is 0 Å². The Morgan fingerprint density at radius 2 is 1.48 bits per heavy atom. The van der Waals surface area contributed by atoms with Crippen LogP contribution in [0.2, 0.25) is 0 Å². The highest BCUT2D eigenvalue weighted by Crippen LogP contribution is 2.18. The molecule has 0 radical (unpaired) electrons. The van der Waals surface area contributed by atoms with Crippen LogP contribution in [-0.2, 0) is 19.1 Å². The van der Waals surface area contributed by atoms with Gasteiger partial charge < -0.3 is 14.8 Å². The van der Waals surface area contributed by atoms with Crippen LogP contribution in [0.4, 0.5) is 0 Å². The molecule has 2 saturated heterocycles. The molecule has 0 spiro atoms. The smallest absolute Gasteiger partial charge is 0.309 e. The summed E-state index contributed by atoms with van der Waals surface area (Å²) in [6.45, 7) is 9.07. The van der Waals surface area contributed by atoms with Gasteiger partial charge in [0.1, 0.15) is 0 Å². The van der Waals surface area contributed by atoms with E-state index in [0.29, 0.717) is 19.8 Å². The zero-order chi connectivity index (χ0) is 18.5. The second kappa shape index (κ2) is 12.7. The molecule has 142 valence electrons. The van der Waals surface area contributed by atoms with Crippen molar-refractivity contribution in [2.45, 2.75) is 39.5 Å². The van der Waals surface area contributed by atoms with E-state index in [1.54, 1.807) is 0 Å². The fourth-order valence-electron chi connectivity index (χ4n) is 3.03. The number of nitrogens with one attached hydrogen (secondary N) is 1. The molecule has 2 rings (SSSR count). The highest BCUT2D eigenvalue weighted by molar-refractivity contribution is 5.72. The first-order valence-corrected chi connectivity index (χ1v) is 9.32. The molecule has 2 aliphatic heterocycles. The van der Waals surface area contributed by atoms with Crippen LogP contribution >= 0.6 is 0 Å². The van der Waals surface area contributed by atoms with Gasteiger partial charge in [0.15, 0.2) is 0 Å². The molecular weight excluding hydrogens is 320 g/mol. The summed E-state index contributed by atoms with van der Waals surface area (Å²) in [4.78, 5) is 24.7. The van der Waals surface area contributed by atoms with Crippen LogP contribution in [0.25, 0.3) is 0 Å². The number of nitrogens with zero attached hydrogens (tertiary/aromatic N) is 1. The van der Waals surface area contributed by atoms with Crippen LogP contribution in [-0.4, -0.2) is 62.8 Å². The Bertz CT molecular complexity index is 433. The predicted octanol–water partition coefficient (Wildman–Crippen LogP) is 1.44. The minimum atomic E-state index is -0.0483. The van der Waals surface area contributed by atoms with Crippen molar-refractivity contribution >= 4 is 11.9 Å². The average molecular weight is 352 g/mol. The van der Waals surface area contributed by atoms with Crippen LogP contribution in [0.3, 0.4) is 0 Å². The molecule has 0 amide bonds. The Balaban J connectivity index is 0.000000257. The monoisotopic (exact) mass is 352 g/mol. The lowest BCUT2D eigenvalue weighted by Crippen LogP contribution is -2.37. The van der Waals surface area contributed by atoms with E-state index in [2.05, 4.69) is 16.1 Å². The lowest BCUT2D eigenvalue weighted by Gasteiger charge is -2.29. The number of rotatable bonds is 5. The topological polar surface area (TPSA) is 67.9 Å². The van der Waals surface area contributed by atoms with Gasteiger partial charge in [-0.05, 0) is 65.7 Å². The third-order valence-electron chi connectivity index (χ3n) is 4.48. The Kier molecular flexibility index (Phi) is 10.9. The normalized spacial score (nSPS) is 19.2. The average Bonchev–Trinajstić information content (AvgIpc) is 2.64. The molecule has 0 bridgehead atoms. The van der Waals surface area contributed by atoms with Crippen LogP contribution < -0.4 is 5.32 Å². The van der Waals surface area contributed by atoms with Gasteiger partial charge in [-0.25, -0.2) is 0 Å². The van der Waals surface area contributed by atoms with E-state index in [4.69, 9.17) is 15.9 Å². The molecule has 0 saturated carbocycles. The van der Waals surface area contributed by atoms with Gasteiger partial charge in [-0.1, -0.05) is 5.92 Å². The number of carbonyl (C=O) groups excluding carboxylic acids is 2. The number of hydrogen-bond acceptors (Lipinski definition) is 6. The molecule has 1 N–H and O–H groups in total. The van der Waals surface area contributed by atoms with Gasteiger partial charge in [-0.15, -0.1) is 6.42 Å². The number of esters is 2. The highest BCUT2D eigenvalue weighted by Gasteiger charge is 2.25. The third kappa shape index (κ3) is 8.37. The van der Waals surface area contributed by atoms with Crippen molar-refractivity contribution in [3.05, 3.63) is 0 Å². The molecule has 0 atom stereocenters. The van der Waals surface area contributed by atoms with Crippen molar-refractivity contribution < 1.29 is 19.1 Å². The molecule has 25 heavy (non-hydrogen) atoms. The molecule has 0 aliphatic carbocycles. The fraction of sp³-hybridized carbons (Fsp3) is 0.789. The minimum absolute atomic E-state index is 0.0194. The minimum Gasteiger partial charge on any atom is -0.466 e. The maximum absolute atomic E-state index is 11.4. The summed E-state index contributed by atoms with van der Waals surface area (Å²) >= 11 is 0. The number of piperidine rings is 2. The Labute approximate surface area is 151 Å². The van der Waals surface area contributed by atoms with Crippen LogP contribution in [0.1, 0.15) is 39.5 Å². The van der Waals surface area contributed by atoms with Gasteiger partial charge >= 0.3 is 11.9 Å². The van der Waals surface area contributed by atoms with E-state index in [9.17, 15) is 9.59 Å². The first-order valence-electron chi connectivity index (χ1n) is 9.32. The van der Waals surface area contributed by atoms with Crippen LogP contribution in [0.15, 0.2) is 0 Å². The Morgan fingerprint density at radius 1 is 1.00 bits per heavy atom. The Hall–Kier alpha value is -1.58. The SMILES string of the molecule is C#CCN1CCC(C(=O)OCC)CC1.CCOC(=O)C1CCNCC1. The quantitative estimate of drug-likeness (QED) is 0.597. The van der Waals surface area contributed by atoms with E-state index in [0.717, 1.165) is 51.9 Å². The van der Waals surface area contributed by atoms with E-state index in [1.807, 2.05) is 13.8 Å². The third-order valence-corrected chi connectivity index (χ3v) is 4.48. The van der Waals surface area contributed by atoms with Crippen molar-refractivity contribution in [2.75, 3.05) is 45.9 Å². The summed E-state index contributed by atoms with van der Waals surface area (Å²) in [5.74, 6) is 2.78. The predicted molar refractivity (Wildman–Crippen MR) is 96.9 cm³/mol. The summed E-state index contributed by atoms with van der Waals surface area (Å²) in [6.07, 6.45) is 8.83. The number of carbonyl (C=O) groups is 2. The molecule has 0 aromatic heterocycles. The molecule has 0 aromatic carbocycles. The number of ether oxygens (including phenoxy) is 2. The first-order chi connectivity index (χ1) is 12.1. The lowest BCUT2D eigenvalue weighted by atomic mass is 9.97. The highest BCUT2D eigenvalue weighted by atomic mass is 16.5. The van der Waals surface area contributed by atoms with Gasteiger partial charge in [0.2, 0.25) is 0 Å². The van der Waals surface area contributed by atoms with E-state index in [1.165, 1.54) is 0 Å². The molecule has 6 heteroatoms. The second-order valence-corrected chi connectivity index (χ2v) is 6.28. The second-order valence-electron chi connectivity index (χ2n) is 6.28. The zero-order valence-electron chi connectivity index (χ0n) is 15.6. The number of likely N-dealkylation sites (tertiary alicyclic amines) is 1. The maximum Gasteiger partial charge on any atom is 0.309 e. The fourth-order valence-corrected chi connectivity index (χ4v) is 3.03. The molecule has 0 unspecified atom stereocenters. The standard InChI is InChI=1S/C11H17NO2.C8H15NO2/c1-3-7-12-8-5-10(6-9-12)11(13)14-4-2;1-2-11-8(10)7-3-5-9-6-4-7/h1,10H,4-9H2,2H3;7,9H,2-6H2,1H3. The Morgan fingerprint density at radius 3 is 1.92 bits per heavy atom. The van der Waals surface area contributed by atoms with Gasteiger partial charge in [0, 0.05) is 0 Å². The van der Waals surface area contributed by atoms with Gasteiger partial charge in [-0.3, -0.25) is 14.5 Å². The molecule has 2 heterocycles. The summed E-state index contributed by atoms with van der Waals surface area (Å²) < 4.78 is 9.89. The van der Waals surface area contributed by atoms with Gasteiger partial charge in [-0.2, -0.15) is 0 Å². The van der Waals surface area contributed by atoms with E-state index < -0.39 is 0 Å². The summed E-state index contributed by atoms with van der Waals surface area (Å²) in [7, 11) is 0. The summed E-state index contributed by atoms with van der Waals surface area (Å²) in [5, 5.41) is 3.20. The number of terminal acetylenes is 1. The summed E-state index contributed by atoms with van der Waals surface area (Å²) in [6, 6.07) is 0. The van der Waals surface area contributed by atoms with Crippen molar-refractivity contribution in [3.8, 4) is 12.3 Å². The van der Waals surface area contributed by atoms with Gasteiger partial charge in [0.25, 0.3) is 0 Å². The van der Waals surface area contributed by atoms with E-state index in [-0.39, 0.29) is 23.8 Å². The van der Waals surface area contributed by atoms with E-state index >= 15 is 0 Å². The van der Waals surface area contributed by atoms with Crippen LogP contribution in [0, 0.1) is 24.2 Å². The summed E-state index contributed by atoms with van der Waals surface area (Å²) in [5.41, 5.74) is 0. The largest absolute Gasteiger partial charge is 0.466 e. The van der Waals surface area contributed by atoms with Crippen molar-refractivity contribution in [1.82, 2.24) is 10.2 Å². The molecule has 2 aliphatic rings. The van der Waals surface area contributed by atoms with Crippen molar-refractivity contribution in [3.63, 3.8) is 0 Å². The molecule has 0 aromatic rings. The van der Waals surface area contributed by atoms with Crippen LogP contribution in [0.5, 0.6) is 0 Å². The lowest BCUT2D eigenvalue weighted by molar-refractivity contribution is -0.150. The molecular formula is C19H32N2O4. The zero-order valence-corrected chi connectivity index (χ0v) is 15.6. The number of hydrogen-bond donors (Lipinski definition) is 1.